The number of hydrogen-bond acceptors (Lipinski definition) is 8. The lowest BCUT2D eigenvalue weighted by Crippen LogP contribution is -2.49. The zero-order valence-electron chi connectivity index (χ0n) is 18.4. The Morgan fingerprint density at radius 1 is 1.22 bits per heavy atom. The molecule has 2 aromatic rings. The zero-order chi connectivity index (χ0) is 22.7. The summed E-state index contributed by atoms with van der Waals surface area (Å²) in [6.45, 7) is 5.09. The van der Waals surface area contributed by atoms with Gasteiger partial charge in [-0.15, -0.1) is 0 Å². The molecule has 170 valence electrons. The van der Waals surface area contributed by atoms with Crippen LogP contribution in [0.3, 0.4) is 0 Å². The number of benzene rings is 1. The summed E-state index contributed by atoms with van der Waals surface area (Å²) in [4.78, 5) is 36.5. The molecule has 1 aliphatic heterocycles. The third-order valence-corrected chi connectivity index (χ3v) is 5.67. The van der Waals surface area contributed by atoms with Gasteiger partial charge in [0.15, 0.2) is 0 Å². The van der Waals surface area contributed by atoms with Crippen LogP contribution < -0.4 is 21.3 Å². The van der Waals surface area contributed by atoms with Crippen LogP contribution in [-0.2, 0) is 9.53 Å². The number of carbonyl (C=O) groups excluding carboxylic acids is 2. The predicted molar refractivity (Wildman–Crippen MR) is 122 cm³/mol. The third-order valence-electron chi connectivity index (χ3n) is 5.67. The van der Waals surface area contributed by atoms with E-state index in [-0.39, 0.29) is 18.1 Å². The summed E-state index contributed by atoms with van der Waals surface area (Å²) < 4.78 is 4.95. The van der Waals surface area contributed by atoms with Crippen LogP contribution in [0.25, 0.3) is 0 Å². The smallest absolute Gasteiger partial charge is 0.254 e. The molecule has 10 nitrogen and oxygen atoms in total. The number of anilines is 4. The van der Waals surface area contributed by atoms with E-state index in [1.807, 2.05) is 17.0 Å². The molecule has 1 aliphatic carbocycles. The molecule has 1 saturated heterocycles. The summed E-state index contributed by atoms with van der Waals surface area (Å²) in [5, 5.41) is 6.45. The van der Waals surface area contributed by atoms with Crippen molar-refractivity contribution < 1.29 is 14.3 Å². The van der Waals surface area contributed by atoms with Gasteiger partial charge in [-0.2, -0.15) is 4.98 Å². The molecule has 1 aromatic heterocycles. The Bertz CT molecular complexity index is 1000. The number of nitrogens with two attached hydrogens (primary N) is 1. The SMILES string of the molecule is COCC(=O)N1CCN(c2ccc(Nc3ncc(C(N)=O)c(NC4CC4)n3)cc2C)CC1. The molecule has 0 radical (unpaired) electrons. The van der Waals surface area contributed by atoms with Crippen molar-refractivity contribution in [1.82, 2.24) is 14.9 Å². The standard InChI is InChI=1S/C22H29N7O3/c1-14-11-16(5-6-18(14)28-7-9-29(10-8-28)19(30)13-32-2)26-22-24-12-17(20(23)31)21(27-22)25-15-3-4-15/h5-6,11-12,15H,3-4,7-10,13H2,1-2H3,(H2,23,31)(H2,24,25,26,27). The monoisotopic (exact) mass is 439 g/mol. The van der Waals surface area contributed by atoms with Crippen molar-refractivity contribution in [2.45, 2.75) is 25.8 Å². The largest absolute Gasteiger partial charge is 0.375 e. The van der Waals surface area contributed by atoms with Crippen LogP contribution in [0, 0.1) is 6.92 Å². The Kier molecular flexibility index (Phi) is 6.40. The minimum atomic E-state index is -0.552. The number of rotatable bonds is 8. The van der Waals surface area contributed by atoms with Crippen LogP contribution >= 0.6 is 0 Å². The van der Waals surface area contributed by atoms with E-state index < -0.39 is 5.91 Å². The molecule has 0 atom stereocenters. The maximum Gasteiger partial charge on any atom is 0.254 e. The van der Waals surface area contributed by atoms with Crippen LogP contribution in [0.4, 0.5) is 23.1 Å². The molecule has 0 bridgehead atoms. The second-order valence-corrected chi connectivity index (χ2v) is 8.17. The van der Waals surface area contributed by atoms with Gasteiger partial charge in [-0.25, -0.2) is 4.98 Å². The van der Waals surface area contributed by atoms with Crippen LogP contribution in [0.15, 0.2) is 24.4 Å². The Morgan fingerprint density at radius 2 is 1.97 bits per heavy atom. The lowest BCUT2D eigenvalue weighted by atomic mass is 10.1. The fourth-order valence-electron chi connectivity index (χ4n) is 3.78. The van der Waals surface area contributed by atoms with E-state index >= 15 is 0 Å². The summed E-state index contributed by atoms with van der Waals surface area (Å²) in [6.07, 6.45) is 3.56. The van der Waals surface area contributed by atoms with Crippen LogP contribution in [0.2, 0.25) is 0 Å². The van der Waals surface area contributed by atoms with Crippen LogP contribution in [0.5, 0.6) is 0 Å². The van der Waals surface area contributed by atoms with Crippen LogP contribution in [0.1, 0.15) is 28.8 Å². The molecular formula is C22H29N7O3. The Morgan fingerprint density at radius 3 is 2.59 bits per heavy atom. The summed E-state index contributed by atoms with van der Waals surface area (Å²) in [5.74, 6) is 0.340. The van der Waals surface area contributed by atoms with E-state index in [0.717, 1.165) is 42.9 Å². The van der Waals surface area contributed by atoms with Gasteiger partial charge < -0.3 is 30.9 Å². The van der Waals surface area contributed by atoms with E-state index in [0.29, 0.717) is 30.9 Å². The zero-order valence-corrected chi connectivity index (χ0v) is 18.4. The fraction of sp³-hybridized carbons (Fsp3) is 0.455. The molecule has 2 aliphatic rings. The molecule has 2 amide bonds. The third kappa shape index (κ3) is 5.08. The minimum Gasteiger partial charge on any atom is -0.375 e. The van der Waals surface area contributed by atoms with Crippen molar-refractivity contribution in [2.75, 3.05) is 55.4 Å². The Hall–Kier alpha value is -3.40. The first-order valence-electron chi connectivity index (χ1n) is 10.8. The molecule has 1 aromatic carbocycles. The minimum absolute atomic E-state index is 0.0290. The number of carbonyl (C=O) groups is 2. The van der Waals surface area contributed by atoms with Crippen molar-refractivity contribution in [1.29, 1.82) is 0 Å². The summed E-state index contributed by atoms with van der Waals surface area (Å²) in [5.41, 5.74) is 8.83. The van der Waals surface area contributed by atoms with Gasteiger partial charge in [-0.3, -0.25) is 9.59 Å². The molecule has 2 fully saturated rings. The number of amides is 2. The second-order valence-electron chi connectivity index (χ2n) is 8.17. The van der Waals surface area contributed by atoms with Crippen molar-refractivity contribution in [3.63, 3.8) is 0 Å². The van der Waals surface area contributed by atoms with Gasteiger partial charge in [0.25, 0.3) is 5.91 Å². The molecular weight excluding hydrogens is 410 g/mol. The molecule has 0 spiro atoms. The van der Waals surface area contributed by atoms with Gasteiger partial charge in [-0.05, 0) is 43.5 Å². The highest BCUT2D eigenvalue weighted by Crippen LogP contribution is 2.28. The molecule has 4 N–H and O–H groups in total. The Labute approximate surface area is 187 Å². The summed E-state index contributed by atoms with van der Waals surface area (Å²) in [7, 11) is 1.54. The predicted octanol–water partition coefficient (Wildman–Crippen LogP) is 1.50. The van der Waals surface area contributed by atoms with E-state index in [1.165, 1.54) is 13.3 Å². The number of aryl methyl sites for hydroxylation is 1. The van der Waals surface area contributed by atoms with Crippen molar-refractivity contribution in [3.8, 4) is 0 Å². The molecule has 1 saturated carbocycles. The van der Waals surface area contributed by atoms with Crippen LogP contribution in [-0.4, -0.2) is 72.6 Å². The number of aromatic nitrogens is 2. The normalized spacial score (nSPS) is 16.1. The highest BCUT2D eigenvalue weighted by molar-refractivity contribution is 5.97. The fourth-order valence-corrected chi connectivity index (χ4v) is 3.78. The molecule has 2 heterocycles. The number of piperazine rings is 1. The summed E-state index contributed by atoms with van der Waals surface area (Å²) >= 11 is 0. The molecule has 10 heteroatoms. The maximum atomic E-state index is 12.0. The number of primary amides is 1. The average molecular weight is 440 g/mol. The van der Waals surface area contributed by atoms with E-state index in [4.69, 9.17) is 10.5 Å². The molecule has 4 rings (SSSR count). The average Bonchev–Trinajstić information content (AvgIpc) is 3.58. The Balaban J connectivity index is 1.43. The van der Waals surface area contributed by atoms with Gasteiger partial charge in [0.1, 0.15) is 12.4 Å². The first kappa shape index (κ1) is 21.8. The second kappa shape index (κ2) is 9.39. The lowest BCUT2D eigenvalue weighted by molar-refractivity contribution is -0.135. The van der Waals surface area contributed by atoms with Crippen molar-refractivity contribution >= 4 is 35.0 Å². The van der Waals surface area contributed by atoms with Gasteiger partial charge in [0, 0.05) is 56.9 Å². The van der Waals surface area contributed by atoms with Crippen molar-refractivity contribution in [2.24, 2.45) is 5.73 Å². The number of nitrogens with one attached hydrogen (secondary N) is 2. The molecule has 32 heavy (non-hydrogen) atoms. The highest BCUT2D eigenvalue weighted by atomic mass is 16.5. The van der Waals surface area contributed by atoms with E-state index in [1.54, 1.807) is 0 Å². The topological polar surface area (TPSA) is 126 Å². The summed E-state index contributed by atoms with van der Waals surface area (Å²) in [6, 6.07) is 6.41. The van der Waals surface area contributed by atoms with E-state index in [9.17, 15) is 9.59 Å². The van der Waals surface area contributed by atoms with Gasteiger partial charge in [-0.1, -0.05) is 0 Å². The first-order valence-corrected chi connectivity index (χ1v) is 10.8. The maximum absolute atomic E-state index is 12.0. The quantitative estimate of drug-likeness (QED) is 0.565. The number of ether oxygens (including phenoxy) is 1. The van der Waals surface area contributed by atoms with E-state index in [2.05, 4.69) is 38.5 Å². The lowest BCUT2D eigenvalue weighted by Gasteiger charge is -2.36. The van der Waals surface area contributed by atoms with Gasteiger partial charge in [0.05, 0.1) is 5.56 Å². The van der Waals surface area contributed by atoms with Crippen molar-refractivity contribution in [3.05, 3.63) is 35.5 Å². The number of nitrogens with zero attached hydrogens (tertiary/aromatic N) is 4. The first-order chi connectivity index (χ1) is 15.4. The number of methoxy groups -OCH3 is 1. The number of hydrogen-bond donors (Lipinski definition) is 3. The highest BCUT2D eigenvalue weighted by Gasteiger charge is 2.24. The van der Waals surface area contributed by atoms with Gasteiger partial charge in [0.2, 0.25) is 11.9 Å². The van der Waals surface area contributed by atoms with Gasteiger partial charge >= 0.3 is 0 Å². The molecule has 0 unspecified atom stereocenters.